The number of hydrogen-bond acceptors (Lipinski definition) is 2. The Morgan fingerprint density at radius 2 is 2.00 bits per heavy atom. The van der Waals surface area contributed by atoms with Crippen molar-refractivity contribution in [1.82, 2.24) is 5.32 Å². The highest BCUT2D eigenvalue weighted by molar-refractivity contribution is 6.68. The summed E-state index contributed by atoms with van der Waals surface area (Å²) in [5.41, 5.74) is 0.872. The largest absolute Gasteiger partial charge is 0.445 e. The maximum atomic E-state index is 11.5. The molecule has 1 rings (SSSR count). The van der Waals surface area contributed by atoms with E-state index in [1.165, 1.54) is 6.08 Å². The Morgan fingerprint density at radius 1 is 1.39 bits per heavy atom. The highest BCUT2D eigenvalue weighted by atomic mass is 35.6. The van der Waals surface area contributed by atoms with Gasteiger partial charge in [-0.15, -0.1) is 6.58 Å². The van der Waals surface area contributed by atoms with Crippen LogP contribution in [0.3, 0.4) is 0 Å². The monoisotopic (exact) mass is 307 g/mol. The highest BCUT2D eigenvalue weighted by Gasteiger charge is 2.31. The summed E-state index contributed by atoms with van der Waals surface area (Å²) in [6.07, 6.45) is 0.659. The Labute approximate surface area is 121 Å². The maximum absolute atomic E-state index is 11.5. The lowest BCUT2D eigenvalue weighted by molar-refractivity contribution is 0.137. The number of carbonyl (C=O) groups is 1. The van der Waals surface area contributed by atoms with Crippen LogP contribution in [-0.4, -0.2) is 15.9 Å². The number of nitrogens with one attached hydrogen (secondary N) is 1. The minimum absolute atomic E-state index is 0.149. The second-order valence-electron chi connectivity index (χ2n) is 3.46. The third kappa shape index (κ3) is 5.17. The number of rotatable bonds is 4. The molecule has 0 fully saturated rings. The van der Waals surface area contributed by atoms with E-state index >= 15 is 0 Å². The van der Waals surface area contributed by atoms with Crippen molar-refractivity contribution in [3.63, 3.8) is 0 Å². The zero-order valence-electron chi connectivity index (χ0n) is 9.41. The molecule has 1 atom stereocenters. The first-order chi connectivity index (χ1) is 8.43. The van der Waals surface area contributed by atoms with Gasteiger partial charge in [-0.2, -0.15) is 0 Å². The zero-order chi connectivity index (χ0) is 13.6. The fourth-order valence-electron chi connectivity index (χ4n) is 1.17. The van der Waals surface area contributed by atoms with Crippen LogP contribution in [-0.2, 0) is 11.3 Å². The van der Waals surface area contributed by atoms with Crippen molar-refractivity contribution >= 4 is 40.9 Å². The molecule has 0 aromatic heterocycles. The second-order valence-corrected chi connectivity index (χ2v) is 5.83. The summed E-state index contributed by atoms with van der Waals surface area (Å²) in [5.74, 6) is 0. The van der Waals surface area contributed by atoms with E-state index < -0.39 is 15.9 Å². The zero-order valence-corrected chi connectivity index (χ0v) is 11.7. The van der Waals surface area contributed by atoms with Gasteiger partial charge in [0.15, 0.2) is 0 Å². The average molecular weight is 309 g/mol. The van der Waals surface area contributed by atoms with Gasteiger partial charge in [0, 0.05) is 0 Å². The predicted molar refractivity (Wildman–Crippen MR) is 74.0 cm³/mol. The van der Waals surface area contributed by atoms with Gasteiger partial charge in [-0.1, -0.05) is 71.2 Å². The lowest BCUT2D eigenvalue weighted by Gasteiger charge is -2.21. The fraction of sp³-hybridized carbons (Fsp3) is 0.250. The second kappa shape index (κ2) is 6.88. The van der Waals surface area contributed by atoms with Crippen molar-refractivity contribution in [2.75, 3.05) is 0 Å². The van der Waals surface area contributed by atoms with Gasteiger partial charge >= 0.3 is 6.09 Å². The minimum Gasteiger partial charge on any atom is -0.445 e. The molecule has 0 saturated heterocycles. The highest BCUT2D eigenvalue weighted by Crippen LogP contribution is 2.30. The Kier molecular flexibility index (Phi) is 5.79. The molecule has 1 N–H and O–H groups in total. The molecule has 18 heavy (non-hydrogen) atoms. The summed E-state index contributed by atoms with van der Waals surface area (Å²) in [6.45, 7) is 3.62. The van der Waals surface area contributed by atoms with Crippen molar-refractivity contribution in [2.24, 2.45) is 0 Å². The SMILES string of the molecule is C=CC(NC(=O)OCc1ccccc1)C(Cl)(Cl)Cl. The molecule has 0 saturated carbocycles. The molecule has 98 valence electrons. The van der Waals surface area contributed by atoms with Gasteiger partial charge in [0.25, 0.3) is 0 Å². The van der Waals surface area contributed by atoms with Crippen LogP contribution in [0.5, 0.6) is 0 Å². The molecule has 0 aliphatic rings. The third-order valence-electron chi connectivity index (χ3n) is 2.07. The molecule has 0 aliphatic heterocycles. The standard InChI is InChI=1S/C12H12Cl3NO2/c1-2-10(12(13,14)15)16-11(17)18-8-9-6-4-3-5-7-9/h2-7,10H,1,8H2,(H,16,17). The van der Waals surface area contributed by atoms with Crippen molar-refractivity contribution in [1.29, 1.82) is 0 Å². The molecule has 1 aromatic rings. The lowest BCUT2D eigenvalue weighted by Crippen LogP contribution is -2.42. The van der Waals surface area contributed by atoms with Crippen LogP contribution in [0.25, 0.3) is 0 Å². The van der Waals surface area contributed by atoms with Crippen molar-refractivity contribution in [3.05, 3.63) is 48.6 Å². The normalized spacial score (nSPS) is 12.6. The van der Waals surface area contributed by atoms with Crippen LogP contribution >= 0.6 is 34.8 Å². The van der Waals surface area contributed by atoms with Gasteiger partial charge in [0.2, 0.25) is 3.79 Å². The smallest absolute Gasteiger partial charge is 0.408 e. The lowest BCUT2D eigenvalue weighted by atomic mass is 10.2. The first kappa shape index (κ1) is 15.2. The molecule has 0 bridgehead atoms. The Balaban J connectivity index is 2.45. The molecule has 1 amide bonds. The molecule has 0 radical (unpaired) electrons. The quantitative estimate of drug-likeness (QED) is 0.678. The topological polar surface area (TPSA) is 38.3 Å². The van der Waals surface area contributed by atoms with Gasteiger partial charge in [0.05, 0.1) is 6.04 Å². The van der Waals surface area contributed by atoms with Crippen LogP contribution in [0.4, 0.5) is 4.79 Å². The number of alkyl carbamates (subject to hydrolysis) is 1. The minimum atomic E-state index is -1.66. The summed E-state index contributed by atoms with van der Waals surface area (Å²) in [6, 6.07) is 8.45. The van der Waals surface area contributed by atoms with Gasteiger partial charge in [-0.3, -0.25) is 0 Å². The number of hydrogen-bond donors (Lipinski definition) is 1. The van der Waals surface area contributed by atoms with Gasteiger partial charge in [0.1, 0.15) is 6.61 Å². The van der Waals surface area contributed by atoms with Crippen LogP contribution in [0, 0.1) is 0 Å². The molecule has 1 aromatic carbocycles. The molecular weight excluding hydrogens is 296 g/mol. The van der Waals surface area contributed by atoms with E-state index in [-0.39, 0.29) is 6.61 Å². The van der Waals surface area contributed by atoms with E-state index in [0.717, 1.165) is 5.56 Å². The molecule has 0 heterocycles. The maximum Gasteiger partial charge on any atom is 0.408 e. The van der Waals surface area contributed by atoms with E-state index in [0.29, 0.717) is 0 Å². The molecule has 6 heteroatoms. The molecule has 1 unspecified atom stereocenters. The first-order valence-electron chi connectivity index (χ1n) is 5.10. The van der Waals surface area contributed by atoms with Gasteiger partial charge in [-0.25, -0.2) is 4.79 Å². The van der Waals surface area contributed by atoms with Crippen LogP contribution in [0.2, 0.25) is 0 Å². The van der Waals surface area contributed by atoms with Crippen LogP contribution in [0.15, 0.2) is 43.0 Å². The predicted octanol–water partition coefficient (Wildman–Crippen LogP) is 3.84. The van der Waals surface area contributed by atoms with Crippen LogP contribution in [0.1, 0.15) is 5.56 Å². The molecule has 0 spiro atoms. The van der Waals surface area contributed by atoms with Crippen molar-refractivity contribution in [2.45, 2.75) is 16.4 Å². The third-order valence-corrected chi connectivity index (χ3v) is 2.78. The number of benzene rings is 1. The first-order valence-corrected chi connectivity index (χ1v) is 6.23. The molecule has 3 nitrogen and oxygen atoms in total. The summed E-state index contributed by atoms with van der Waals surface area (Å²) in [4.78, 5) is 11.5. The van der Waals surface area contributed by atoms with E-state index in [1.54, 1.807) is 0 Å². The molecule has 0 aliphatic carbocycles. The van der Waals surface area contributed by atoms with E-state index in [4.69, 9.17) is 39.5 Å². The fourth-order valence-corrected chi connectivity index (χ4v) is 1.60. The van der Waals surface area contributed by atoms with E-state index in [2.05, 4.69) is 11.9 Å². The summed E-state index contributed by atoms with van der Waals surface area (Å²) >= 11 is 16.9. The number of halogens is 3. The number of amides is 1. The van der Waals surface area contributed by atoms with Gasteiger partial charge in [-0.05, 0) is 5.56 Å². The summed E-state index contributed by atoms with van der Waals surface area (Å²) < 4.78 is 3.32. The number of carbonyl (C=O) groups excluding carboxylic acids is 1. The molecular formula is C12H12Cl3NO2. The Bertz CT molecular complexity index is 404. The average Bonchev–Trinajstić information content (AvgIpc) is 2.33. The summed E-state index contributed by atoms with van der Waals surface area (Å²) in [5, 5.41) is 2.40. The van der Waals surface area contributed by atoms with Crippen molar-refractivity contribution < 1.29 is 9.53 Å². The number of ether oxygens (including phenoxy) is 1. The Morgan fingerprint density at radius 3 is 2.50 bits per heavy atom. The van der Waals surface area contributed by atoms with E-state index in [1.807, 2.05) is 30.3 Å². The van der Waals surface area contributed by atoms with Gasteiger partial charge < -0.3 is 10.1 Å². The Hall–Kier alpha value is -0.900. The number of alkyl halides is 3. The van der Waals surface area contributed by atoms with Crippen molar-refractivity contribution in [3.8, 4) is 0 Å². The van der Waals surface area contributed by atoms with E-state index in [9.17, 15) is 4.79 Å². The van der Waals surface area contributed by atoms with Crippen LogP contribution < -0.4 is 5.32 Å². The summed E-state index contributed by atoms with van der Waals surface area (Å²) in [7, 11) is 0.